The van der Waals surface area contributed by atoms with Crippen molar-refractivity contribution < 1.29 is 0 Å². The Kier molecular flexibility index (Phi) is 1.44. The maximum atomic E-state index is 5.69. The van der Waals surface area contributed by atoms with Crippen molar-refractivity contribution in [1.82, 2.24) is 14.4 Å². The predicted molar refractivity (Wildman–Crippen MR) is 46.9 cm³/mol. The van der Waals surface area contributed by atoms with Gasteiger partial charge in [-0.05, 0) is 13.8 Å². The van der Waals surface area contributed by atoms with Crippen molar-refractivity contribution in [3.05, 3.63) is 23.8 Å². The first-order chi connectivity index (χ1) is 5.66. The Balaban J connectivity index is 2.57. The van der Waals surface area contributed by atoms with Crippen LogP contribution in [0.25, 0.3) is 5.78 Å². The van der Waals surface area contributed by atoms with Gasteiger partial charge in [-0.25, -0.2) is 4.98 Å². The standard InChI is InChI=1S/C8H12N4/c1-5-3-12-4-7(6(2)9)11-8(12)10-5/h3-4,6H,9H2,1-2H3,(H,10,11). The zero-order valence-corrected chi connectivity index (χ0v) is 7.20. The number of nitrogens with one attached hydrogen (secondary N) is 1. The summed E-state index contributed by atoms with van der Waals surface area (Å²) in [5.74, 6) is 0.861. The molecule has 2 aromatic heterocycles. The van der Waals surface area contributed by atoms with Crippen LogP contribution in [0, 0.1) is 6.92 Å². The smallest absolute Gasteiger partial charge is 0.211 e. The van der Waals surface area contributed by atoms with Crippen LogP contribution in [0.2, 0.25) is 0 Å². The number of hydrogen-bond acceptors (Lipinski definition) is 2. The SMILES string of the molecule is Cc1cn2cc(C(C)N)nc2[nH]1. The van der Waals surface area contributed by atoms with Crippen LogP contribution in [-0.2, 0) is 0 Å². The maximum absolute atomic E-state index is 5.69. The first kappa shape index (κ1) is 7.36. The second-order valence-corrected chi connectivity index (χ2v) is 3.12. The van der Waals surface area contributed by atoms with Crippen LogP contribution in [0.3, 0.4) is 0 Å². The zero-order chi connectivity index (χ0) is 8.72. The molecule has 2 heterocycles. The highest BCUT2D eigenvalue weighted by Crippen LogP contribution is 2.10. The summed E-state index contributed by atoms with van der Waals surface area (Å²) in [5, 5.41) is 0. The lowest BCUT2D eigenvalue weighted by Crippen LogP contribution is -2.04. The fourth-order valence-electron chi connectivity index (χ4n) is 1.24. The van der Waals surface area contributed by atoms with Crippen LogP contribution in [0.1, 0.15) is 24.4 Å². The molecule has 0 saturated heterocycles. The normalized spacial score (nSPS) is 13.9. The molecule has 0 saturated carbocycles. The molecule has 3 N–H and O–H groups in total. The minimum absolute atomic E-state index is 0.00129. The first-order valence-electron chi connectivity index (χ1n) is 3.96. The van der Waals surface area contributed by atoms with E-state index in [-0.39, 0.29) is 6.04 Å². The van der Waals surface area contributed by atoms with Crippen LogP contribution >= 0.6 is 0 Å². The molecule has 4 nitrogen and oxygen atoms in total. The summed E-state index contributed by atoms with van der Waals surface area (Å²) < 4.78 is 1.95. The van der Waals surface area contributed by atoms with E-state index in [4.69, 9.17) is 5.73 Å². The number of fused-ring (bicyclic) bond motifs is 1. The van der Waals surface area contributed by atoms with Crippen LogP contribution in [0.5, 0.6) is 0 Å². The third kappa shape index (κ3) is 1.00. The molecule has 1 unspecified atom stereocenters. The summed E-state index contributed by atoms with van der Waals surface area (Å²) in [4.78, 5) is 7.45. The van der Waals surface area contributed by atoms with Crippen LogP contribution in [0.15, 0.2) is 12.4 Å². The molecule has 0 fully saturated rings. The number of nitrogens with two attached hydrogens (primary N) is 1. The van der Waals surface area contributed by atoms with Crippen molar-refractivity contribution in [2.75, 3.05) is 0 Å². The first-order valence-corrected chi connectivity index (χ1v) is 3.96. The van der Waals surface area contributed by atoms with E-state index < -0.39 is 0 Å². The molecule has 0 aliphatic heterocycles. The summed E-state index contributed by atoms with van der Waals surface area (Å²) >= 11 is 0. The van der Waals surface area contributed by atoms with Crippen LogP contribution < -0.4 is 5.73 Å². The number of aromatic amines is 1. The molecule has 0 aliphatic carbocycles. The van der Waals surface area contributed by atoms with Crippen molar-refractivity contribution in [3.63, 3.8) is 0 Å². The van der Waals surface area contributed by atoms with Crippen molar-refractivity contribution >= 4 is 5.78 Å². The largest absolute Gasteiger partial charge is 0.328 e. The Labute approximate surface area is 70.4 Å². The molecular weight excluding hydrogens is 152 g/mol. The molecule has 64 valence electrons. The van der Waals surface area contributed by atoms with Crippen molar-refractivity contribution in [2.45, 2.75) is 19.9 Å². The van der Waals surface area contributed by atoms with Gasteiger partial charge in [-0.3, -0.25) is 4.40 Å². The Morgan fingerprint density at radius 1 is 1.58 bits per heavy atom. The lowest BCUT2D eigenvalue weighted by molar-refractivity contribution is 0.789. The van der Waals surface area contributed by atoms with Gasteiger partial charge in [-0.2, -0.15) is 0 Å². The van der Waals surface area contributed by atoms with Gasteiger partial charge in [0.1, 0.15) is 0 Å². The summed E-state index contributed by atoms with van der Waals surface area (Å²) in [6, 6.07) is -0.00129. The second kappa shape index (κ2) is 2.35. The van der Waals surface area contributed by atoms with E-state index in [0.29, 0.717) is 0 Å². The molecule has 0 bridgehead atoms. The number of rotatable bonds is 1. The van der Waals surface area contributed by atoms with E-state index in [9.17, 15) is 0 Å². The minimum Gasteiger partial charge on any atom is -0.328 e. The lowest BCUT2D eigenvalue weighted by Gasteiger charge is -1.95. The molecule has 0 aromatic carbocycles. The van der Waals surface area contributed by atoms with Gasteiger partial charge in [0.25, 0.3) is 0 Å². The Hall–Kier alpha value is -1.29. The second-order valence-electron chi connectivity index (χ2n) is 3.12. The van der Waals surface area contributed by atoms with E-state index >= 15 is 0 Å². The highest BCUT2D eigenvalue weighted by molar-refractivity contribution is 5.33. The monoisotopic (exact) mass is 164 g/mol. The number of aryl methyl sites for hydroxylation is 1. The number of nitrogens with zero attached hydrogens (tertiary/aromatic N) is 2. The number of H-pyrrole nitrogens is 1. The highest BCUT2D eigenvalue weighted by Gasteiger charge is 2.06. The van der Waals surface area contributed by atoms with Gasteiger partial charge in [0.2, 0.25) is 5.78 Å². The summed E-state index contributed by atoms with van der Waals surface area (Å²) in [5.41, 5.74) is 7.71. The third-order valence-corrected chi connectivity index (χ3v) is 1.86. The van der Waals surface area contributed by atoms with Crippen LogP contribution in [0.4, 0.5) is 0 Å². The molecule has 0 spiro atoms. The maximum Gasteiger partial charge on any atom is 0.211 e. The topological polar surface area (TPSA) is 59.1 Å². The average molecular weight is 164 g/mol. The van der Waals surface area contributed by atoms with Gasteiger partial charge in [-0.1, -0.05) is 0 Å². The van der Waals surface area contributed by atoms with E-state index in [0.717, 1.165) is 17.2 Å². The van der Waals surface area contributed by atoms with Gasteiger partial charge in [0.05, 0.1) is 5.69 Å². The van der Waals surface area contributed by atoms with Gasteiger partial charge in [0, 0.05) is 24.1 Å². The summed E-state index contributed by atoms with van der Waals surface area (Å²) in [6.45, 7) is 3.93. The number of aromatic nitrogens is 3. The molecule has 2 rings (SSSR count). The summed E-state index contributed by atoms with van der Waals surface area (Å²) in [7, 11) is 0. The quantitative estimate of drug-likeness (QED) is 0.660. The molecule has 2 aromatic rings. The minimum atomic E-state index is -0.00129. The third-order valence-electron chi connectivity index (χ3n) is 1.86. The fraction of sp³-hybridized carbons (Fsp3) is 0.375. The zero-order valence-electron chi connectivity index (χ0n) is 7.20. The summed E-state index contributed by atoms with van der Waals surface area (Å²) in [6.07, 6.45) is 3.94. The molecule has 0 radical (unpaired) electrons. The van der Waals surface area contributed by atoms with Gasteiger partial charge in [0.15, 0.2) is 0 Å². The molecule has 4 heteroatoms. The Morgan fingerprint density at radius 3 is 2.92 bits per heavy atom. The molecule has 0 aliphatic rings. The number of imidazole rings is 2. The Morgan fingerprint density at radius 2 is 2.33 bits per heavy atom. The Bertz CT molecular complexity index is 365. The van der Waals surface area contributed by atoms with Gasteiger partial charge >= 0.3 is 0 Å². The van der Waals surface area contributed by atoms with Gasteiger partial charge in [-0.15, -0.1) is 0 Å². The van der Waals surface area contributed by atoms with E-state index in [1.54, 1.807) is 0 Å². The molecule has 0 amide bonds. The van der Waals surface area contributed by atoms with Crippen molar-refractivity contribution in [3.8, 4) is 0 Å². The highest BCUT2D eigenvalue weighted by atomic mass is 15.1. The van der Waals surface area contributed by atoms with Gasteiger partial charge < -0.3 is 10.7 Å². The molecular formula is C8H12N4. The van der Waals surface area contributed by atoms with E-state index in [2.05, 4.69) is 9.97 Å². The van der Waals surface area contributed by atoms with E-state index in [1.807, 2.05) is 30.6 Å². The van der Waals surface area contributed by atoms with Crippen molar-refractivity contribution in [1.29, 1.82) is 0 Å². The number of hydrogen-bond donors (Lipinski definition) is 2. The molecule has 1 atom stereocenters. The molecule has 12 heavy (non-hydrogen) atoms. The fourth-order valence-corrected chi connectivity index (χ4v) is 1.24. The average Bonchev–Trinajstić information content (AvgIpc) is 2.42. The van der Waals surface area contributed by atoms with E-state index in [1.165, 1.54) is 0 Å². The predicted octanol–water partition coefficient (Wildman–Crippen LogP) is 0.991. The van der Waals surface area contributed by atoms with Crippen LogP contribution in [-0.4, -0.2) is 14.4 Å². The lowest BCUT2D eigenvalue weighted by atomic mass is 10.3. The van der Waals surface area contributed by atoms with Crippen molar-refractivity contribution in [2.24, 2.45) is 5.73 Å².